The molecular formula is C16H24N2O. The summed E-state index contributed by atoms with van der Waals surface area (Å²) in [5.74, 6) is 0.0953. The molecule has 3 heteroatoms. The summed E-state index contributed by atoms with van der Waals surface area (Å²) in [5.41, 5.74) is 8.00. The molecule has 3 nitrogen and oxygen atoms in total. The molecule has 0 saturated heterocycles. The van der Waals surface area contributed by atoms with Crippen LogP contribution in [-0.4, -0.2) is 12.5 Å². The van der Waals surface area contributed by atoms with E-state index in [4.69, 9.17) is 5.73 Å². The van der Waals surface area contributed by atoms with Crippen molar-refractivity contribution < 1.29 is 4.79 Å². The lowest BCUT2D eigenvalue weighted by molar-refractivity contribution is -0.118. The highest BCUT2D eigenvalue weighted by atomic mass is 16.1. The smallest absolute Gasteiger partial charge is 0.224 e. The van der Waals surface area contributed by atoms with Crippen molar-refractivity contribution >= 4 is 11.6 Å². The average Bonchev–Trinajstić information content (AvgIpc) is 2.39. The predicted octanol–water partition coefficient (Wildman–Crippen LogP) is 3.23. The van der Waals surface area contributed by atoms with Gasteiger partial charge in [0, 0.05) is 12.1 Å². The molecule has 0 atom stereocenters. The molecule has 1 amide bonds. The van der Waals surface area contributed by atoms with Crippen molar-refractivity contribution in [2.75, 3.05) is 11.9 Å². The van der Waals surface area contributed by atoms with Gasteiger partial charge in [0.05, 0.1) is 0 Å². The van der Waals surface area contributed by atoms with E-state index in [0.29, 0.717) is 13.0 Å². The summed E-state index contributed by atoms with van der Waals surface area (Å²) in [5, 5.41) is 2.99. The van der Waals surface area contributed by atoms with Gasteiger partial charge in [0.2, 0.25) is 5.91 Å². The molecule has 1 aromatic rings. The second kappa shape index (κ2) is 6.20. The minimum absolute atomic E-state index is 0.0339. The first-order chi connectivity index (χ1) is 9.13. The number of benzene rings is 1. The molecule has 1 aliphatic carbocycles. The zero-order chi connectivity index (χ0) is 13.7. The Morgan fingerprint density at radius 1 is 1.32 bits per heavy atom. The van der Waals surface area contributed by atoms with E-state index in [1.165, 1.54) is 19.3 Å². The number of nitrogens with one attached hydrogen (secondary N) is 1. The van der Waals surface area contributed by atoms with Crippen LogP contribution in [0.15, 0.2) is 24.3 Å². The van der Waals surface area contributed by atoms with Gasteiger partial charge in [0.25, 0.3) is 0 Å². The van der Waals surface area contributed by atoms with Gasteiger partial charge in [0.1, 0.15) is 0 Å². The van der Waals surface area contributed by atoms with Crippen LogP contribution in [0.25, 0.3) is 0 Å². The Bertz CT molecular complexity index is 436. The number of carbonyl (C=O) groups is 1. The van der Waals surface area contributed by atoms with Crippen LogP contribution in [0.3, 0.4) is 0 Å². The zero-order valence-electron chi connectivity index (χ0n) is 11.7. The van der Waals surface area contributed by atoms with Crippen LogP contribution in [0, 0.1) is 12.3 Å². The number of anilines is 1. The van der Waals surface area contributed by atoms with E-state index < -0.39 is 0 Å². The first kappa shape index (κ1) is 14.1. The van der Waals surface area contributed by atoms with E-state index in [1.54, 1.807) is 0 Å². The van der Waals surface area contributed by atoms with Crippen LogP contribution in [0.4, 0.5) is 5.69 Å². The Hall–Kier alpha value is -1.35. The molecule has 0 aliphatic heterocycles. The van der Waals surface area contributed by atoms with Crippen LogP contribution < -0.4 is 11.1 Å². The van der Waals surface area contributed by atoms with Crippen LogP contribution in [-0.2, 0) is 4.79 Å². The minimum atomic E-state index is 0.0339. The largest absolute Gasteiger partial charge is 0.330 e. The number of nitrogens with two attached hydrogens (primary N) is 1. The third kappa shape index (κ3) is 3.80. The quantitative estimate of drug-likeness (QED) is 0.873. The topological polar surface area (TPSA) is 55.1 Å². The zero-order valence-corrected chi connectivity index (χ0v) is 11.7. The Morgan fingerprint density at radius 2 is 2.05 bits per heavy atom. The Balaban J connectivity index is 1.96. The summed E-state index contributed by atoms with van der Waals surface area (Å²) in [7, 11) is 0. The summed E-state index contributed by atoms with van der Waals surface area (Å²) in [6.07, 6.45) is 6.41. The van der Waals surface area contributed by atoms with Crippen LogP contribution in [0.2, 0.25) is 0 Å². The molecule has 1 saturated carbocycles. The highest BCUT2D eigenvalue weighted by Crippen LogP contribution is 2.38. The number of hydrogen-bond acceptors (Lipinski definition) is 2. The van der Waals surface area contributed by atoms with Gasteiger partial charge in [-0.05, 0) is 49.4 Å². The van der Waals surface area contributed by atoms with Crippen LogP contribution in [0.5, 0.6) is 0 Å². The van der Waals surface area contributed by atoms with E-state index in [0.717, 1.165) is 24.1 Å². The van der Waals surface area contributed by atoms with Gasteiger partial charge in [-0.3, -0.25) is 4.79 Å². The second-order valence-corrected chi connectivity index (χ2v) is 5.86. The fourth-order valence-corrected chi connectivity index (χ4v) is 3.02. The minimum Gasteiger partial charge on any atom is -0.330 e. The molecule has 1 aliphatic rings. The fraction of sp³-hybridized carbons (Fsp3) is 0.562. The summed E-state index contributed by atoms with van der Waals surface area (Å²) in [6.45, 7) is 2.65. The maximum absolute atomic E-state index is 12.2. The summed E-state index contributed by atoms with van der Waals surface area (Å²) in [4.78, 5) is 12.2. The molecular weight excluding hydrogens is 236 g/mol. The van der Waals surface area contributed by atoms with Gasteiger partial charge in [-0.2, -0.15) is 0 Å². The molecule has 0 bridgehead atoms. The van der Waals surface area contributed by atoms with Crippen molar-refractivity contribution in [2.45, 2.75) is 45.4 Å². The maximum atomic E-state index is 12.2. The number of carbonyl (C=O) groups excluding carboxylic acids is 1. The normalized spacial score (nSPS) is 18.0. The maximum Gasteiger partial charge on any atom is 0.224 e. The lowest BCUT2D eigenvalue weighted by atomic mass is 9.71. The summed E-state index contributed by atoms with van der Waals surface area (Å²) in [6, 6.07) is 7.91. The van der Waals surface area contributed by atoms with Crippen molar-refractivity contribution in [3.8, 4) is 0 Å². The predicted molar refractivity (Wildman–Crippen MR) is 79.0 cm³/mol. The van der Waals surface area contributed by atoms with Crippen LogP contribution >= 0.6 is 0 Å². The van der Waals surface area contributed by atoms with E-state index >= 15 is 0 Å². The molecule has 0 radical (unpaired) electrons. The van der Waals surface area contributed by atoms with Crippen molar-refractivity contribution in [1.82, 2.24) is 0 Å². The van der Waals surface area contributed by atoms with E-state index in [1.807, 2.05) is 31.2 Å². The van der Waals surface area contributed by atoms with Gasteiger partial charge in [0.15, 0.2) is 0 Å². The van der Waals surface area contributed by atoms with E-state index in [2.05, 4.69) is 5.32 Å². The van der Waals surface area contributed by atoms with Crippen LogP contribution in [0.1, 0.15) is 44.1 Å². The lowest BCUT2D eigenvalue weighted by Gasteiger charge is -2.35. The molecule has 0 heterocycles. The number of rotatable bonds is 4. The molecule has 2 rings (SSSR count). The number of aryl methyl sites for hydroxylation is 1. The lowest BCUT2D eigenvalue weighted by Crippen LogP contribution is -2.36. The molecule has 0 unspecified atom stereocenters. The first-order valence-corrected chi connectivity index (χ1v) is 7.20. The Kier molecular flexibility index (Phi) is 4.59. The number of hydrogen-bond donors (Lipinski definition) is 2. The molecule has 19 heavy (non-hydrogen) atoms. The van der Waals surface area contributed by atoms with E-state index in [9.17, 15) is 4.79 Å². The number of amides is 1. The molecule has 3 N–H and O–H groups in total. The highest BCUT2D eigenvalue weighted by Gasteiger charge is 2.32. The Labute approximate surface area is 115 Å². The molecule has 1 fully saturated rings. The molecule has 0 spiro atoms. The van der Waals surface area contributed by atoms with Crippen molar-refractivity contribution in [3.05, 3.63) is 29.8 Å². The van der Waals surface area contributed by atoms with Gasteiger partial charge >= 0.3 is 0 Å². The molecule has 1 aromatic carbocycles. The van der Waals surface area contributed by atoms with Gasteiger partial charge in [-0.1, -0.05) is 31.4 Å². The SMILES string of the molecule is Cc1cccc(NC(=O)CC2(CN)CCCCC2)c1. The van der Waals surface area contributed by atoms with Gasteiger partial charge < -0.3 is 11.1 Å². The third-order valence-electron chi connectivity index (χ3n) is 4.18. The summed E-state index contributed by atoms with van der Waals surface area (Å²) >= 11 is 0. The fourth-order valence-electron chi connectivity index (χ4n) is 3.02. The van der Waals surface area contributed by atoms with Gasteiger partial charge in [-0.25, -0.2) is 0 Å². The third-order valence-corrected chi connectivity index (χ3v) is 4.18. The van der Waals surface area contributed by atoms with E-state index in [-0.39, 0.29) is 11.3 Å². The van der Waals surface area contributed by atoms with Gasteiger partial charge in [-0.15, -0.1) is 0 Å². The highest BCUT2D eigenvalue weighted by molar-refractivity contribution is 5.91. The molecule has 104 valence electrons. The summed E-state index contributed by atoms with van der Waals surface area (Å²) < 4.78 is 0. The second-order valence-electron chi connectivity index (χ2n) is 5.86. The average molecular weight is 260 g/mol. The van der Waals surface area contributed by atoms with Crippen molar-refractivity contribution in [1.29, 1.82) is 0 Å². The standard InChI is InChI=1S/C16H24N2O/c1-13-6-5-7-14(10-13)18-15(19)11-16(12-17)8-3-2-4-9-16/h5-7,10H,2-4,8-9,11-12,17H2,1H3,(H,18,19). The molecule has 0 aromatic heterocycles. The first-order valence-electron chi connectivity index (χ1n) is 7.20. The Morgan fingerprint density at radius 3 is 2.68 bits per heavy atom. The van der Waals surface area contributed by atoms with Crippen molar-refractivity contribution in [3.63, 3.8) is 0 Å². The van der Waals surface area contributed by atoms with Crippen molar-refractivity contribution in [2.24, 2.45) is 11.1 Å². The monoisotopic (exact) mass is 260 g/mol.